The molecule has 2 amide bonds. The van der Waals surface area contributed by atoms with Crippen LogP contribution in [0.4, 0.5) is 10.1 Å². The molecule has 0 aliphatic heterocycles. The van der Waals surface area contributed by atoms with E-state index in [-0.39, 0.29) is 22.3 Å². The average Bonchev–Trinajstić information content (AvgIpc) is 2.80. The summed E-state index contributed by atoms with van der Waals surface area (Å²) < 4.78 is 42.3. The van der Waals surface area contributed by atoms with Gasteiger partial charge < -0.3 is 10.2 Å². The van der Waals surface area contributed by atoms with Gasteiger partial charge in [-0.25, -0.2) is 8.70 Å². The summed E-state index contributed by atoms with van der Waals surface area (Å²) in [5.74, 6) is -2.00. The highest BCUT2D eigenvalue weighted by Crippen LogP contribution is 2.28. The van der Waals surface area contributed by atoms with Crippen LogP contribution in [-0.2, 0) is 26.3 Å². The lowest BCUT2D eigenvalue weighted by molar-refractivity contribution is -0.139. The monoisotopic (exact) mass is 546 g/mol. The molecule has 0 heterocycles. The number of anilines is 1. The number of rotatable bonds is 11. The molecule has 0 spiro atoms. The zero-order valence-electron chi connectivity index (χ0n) is 20.0. The second-order valence-electron chi connectivity index (χ2n) is 7.94. The Morgan fingerprint density at radius 2 is 1.66 bits per heavy atom. The Labute approximate surface area is 215 Å². The minimum absolute atomic E-state index is 0.162. The Bertz CT molecular complexity index is 1140. The fourth-order valence-corrected chi connectivity index (χ4v) is 4.77. The van der Waals surface area contributed by atoms with E-state index >= 15 is 0 Å². The van der Waals surface area contributed by atoms with Gasteiger partial charge in [-0.3, -0.25) is 9.59 Å². The molecule has 1 atom stereocenters. The molecule has 12 heteroatoms. The topological polar surface area (TPSA) is 90.0 Å². The van der Waals surface area contributed by atoms with Gasteiger partial charge in [0.05, 0.1) is 5.69 Å². The maximum atomic E-state index is 14.6. The lowest BCUT2D eigenvalue weighted by Crippen LogP contribution is -2.52. The van der Waals surface area contributed by atoms with Crippen LogP contribution in [0.2, 0.25) is 10.0 Å². The number of amides is 2. The molecule has 0 saturated heterocycles. The standard InChI is InChI=1S/C23H29Cl2FN4O4S/c1-5-13-27-23(32)16(2)29(14-17-18(24)9-8-10-19(17)25)22(31)15-30(35(33,34)28(3)4)21-12-7-6-11-20(21)26/h6-12,16H,5,13-15H2,1-4H3,(H,27,32). The smallest absolute Gasteiger partial charge is 0.304 e. The van der Waals surface area contributed by atoms with Crippen molar-refractivity contribution in [3.8, 4) is 0 Å². The van der Waals surface area contributed by atoms with Crippen molar-refractivity contribution >= 4 is 50.9 Å². The van der Waals surface area contributed by atoms with Gasteiger partial charge in [0.15, 0.2) is 0 Å². The lowest BCUT2D eigenvalue weighted by atomic mass is 10.1. The van der Waals surface area contributed by atoms with Crippen LogP contribution in [0.15, 0.2) is 42.5 Å². The lowest BCUT2D eigenvalue weighted by Gasteiger charge is -2.33. The van der Waals surface area contributed by atoms with Gasteiger partial charge in [0.25, 0.3) is 0 Å². The van der Waals surface area contributed by atoms with Gasteiger partial charge in [-0.1, -0.05) is 48.3 Å². The van der Waals surface area contributed by atoms with E-state index < -0.39 is 40.4 Å². The summed E-state index contributed by atoms with van der Waals surface area (Å²) in [5.41, 5.74) is 0.0978. The third-order valence-corrected chi connectivity index (χ3v) is 7.76. The number of hydrogen-bond acceptors (Lipinski definition) is 4. The number of halogens is 3. The summed E-state index contributed by atoms with van der Waals surface area (Å²) in [4.78, 5) is 27.5. The van der Waals surface area contributed by atoms with Gasteiger partial charge in [-0.05, 0) is 37.6 Å². The molecule has 0 aromatic heterocycles. The first kappa shape index (κ1) is 28.8. The highest BCUT2D eigenvalue weighted by Gasteiger charge is 2.34. The van der Waals surface area contributed by atoms with E-state index in [0.717, 1.165) is 10.4 Å². The fourth-order valence-electron chi connectivity index (χ4n) is 3.19. The molecular formula is C23H29Cl2FN4O4S. The maximum absolute atomic E-state index is 14.6. The van der Waals surface area contributed by atoms with Crippen molar-refractivity contribution < 1.29 is 22.4 Å². The molecule has 2 rings (SSSR count). The van der Waals surface area contributed by atoms with Crippen LogP contribution >= 0.6 is 23.2 Å². The van der Waals surface area contributed by atoms with Gasteiger partial charge in [0, 0.05) is 42.8 Å². The second kappa shape index (κ2) is 12.5. The van der Waals surface area contributed by atoms with Gasteiger partial charge in [0.2, 0.25) is 11.8 Å². The number of hydrogen-bond donors (Lipinski definition) is 1. The third kappa shape index (κ3) is 7.07. The van der Waals surface area contributed by atoms with E-state index in [0.29, 0.717) is 22.8 Å². The van der Waals surface area contributed by atoms with Crippen molar-refractivity contribution in [2.75, 3.05) is 31.5 Å². The molecule has 192 valence electrons. The Morgan fingerprint density at radius 1 is 1.06 bits per heavy atom. The van der Waals surface area contributed by atoms with Crippen LogP contribution in [0.1, 0.15) is 25.8 Å². The van der Waals surface area contributed by atoms with E-state index in [2.05, 4.69) is 5.32 Å². The maximum Gasteiger partial charge on any atom is 0.304 e. The average molecular weight is 547 g/mol. The van der Waals surface area contributed by atoms with E-state index in [1.807, 2.05) is 6.92 Å². The van der Waals surface area contributed by atoms with Crippen molar-refractivity contribution in [2.45, 2.75) is 32.9 Å². The first-order chi connectivity index (χ1) is 16.4. The summed E-state index contributed by atoms with van der Waals surface area (Å²) in [5, 5.41) is 3.29. The molecule has 0 aliphatic rings. The third-order valence-electron chi connectivity index (χ3n) is 5.25. The fraction of sp³-hybridized carbons (Fsp3) is 0.391. The molecule has 0 bridgehead atoms. The van der Waals surface area contributed by atoms with Gasteiger partial charge in [-0.15, -0.1) is 0 Å². The first-order valence-corrected chi connectivity index (χ1v) is 13.0. The molecule has 2 aromatic rings. The van der Waals surface area contributed by atoms with Gasteiger partial charge in [-0.2, -0.15) is 12.7 Å². The Balaban J connectivity index is 2.51. The molecule has 35 heavy (non-hydrogen) atoms. The van der Waals surface area contributed by atoms with Crippen LogP contribution < -0.4 is 9.62 Å². The molecule has 1 unspecified atom stereocenters. The van der Waals surface area contributed by atoms with Crippen LogP contribution in [0.5, 0.6) is 0 Å². The number of nitrogens with zero attached hydrogens (tertiary/aromatic N) is 3. The molecule has 2 aromatic carbocycles. The summed E-state index contributed by atoms with van der Waals surface area (Å²) in [6.07, 6.45) is 0.685. The molecule has 8 nitrogen and oxygen atoms in total. The van der Waals surface area contributed by atoms with Crippen LogP contribution in [0, 0.1) is 5.82 Å². The number of nitrogens with one attached hydrogen (secondary N) is 1. The number of para-hydroxylation sites is 1. The van der Waals surface area contributed by atoms with Crippen LogP contribution in [0.3, 0.4) is 0 Å². The molecular weight excluding hydrogens is 518 g/mol. The molecule has 0 radical (unpaired) electrons. The van der Waals surface area contributed by atoms with Crippen molar-refractivity contribution in [3.05, 3.63) is 63.9 Å². The highest BCUT2D eigenvalue weighted by molar-refractivity contribution is 7.90. The van der Waals surface area contributed by atoms with Crippen molar-refractivity contribution in [1.29, 1.82) is 0 Å². The summed E-state index contributed by atoms with van der Waals surface area (Å²) >= 11 is 12.6. The van der Waals surface area contributed by atoms with E-state index in [4.69, 9.17) is 23.2 Å². The first-order valence-electron chi connectivity index (χ1n) is 10.9. The van der Waals surface area contributed by atoms with E-state index in [9.17, 15) is 22.4 Å². The zero-order valence-corrected chi connectivity index (χ0v) is 22.3. The Hall–Kier alpha value is -2.40. The minimum Gasteiger partial charge on any atom is -0.354 e. The predicted molar refractivity (Wildman–Crippen MR) is 136 cm³/mol. The van der Waals surface area contributed by atoms with E-state index in [1.54, 1.807) is 18.2 Å². The minimum atomic E-state index is -4.27. The summed E-state index contributed by atoms with van der Waals surface area (Å²) in [7, 11) is -1.72. The van der Waals surface area contributed by atoms with Crippen LogP contribution in [-0.4, -0.2) is 62.7 Å². The Morgan fingerprint density at radius 3 is 2.20 bits per heavy atom. The molecule has 0 saturated carbocycles. The number of benzene rings is 2. The normalized spacial score (nSPS) is 12.3. The predicted octanol–water partition coefficient (Wildman–Crippen LogP) is 3.69. The number of carbonyl (C=O) groups is 2. The number of carbonyl (C=O) groups excluding carboxylic acids is 2. The van der Waals surface area contributed by atoms with Crippen molar-refractivity contribution in [3.63, 3.8) is 0 Å². The Kier molecular flexibility index (Phi) is 10.3. The van der Waals surface area contributed by atoms with Gasteiger partial charge >= 0.3 is 10.2 Å². The molecule has 0 aliphatic carbocycles. The molecule has 1 N–H and O–H groups in total. The van der Waals surface area contributed by atoms with Crippen LogP contribution in [0.25, 0.3) is 0 Å². The second-order valence-corrected chi connectivity index (χ2v) is 10.8. The largest absolute Gasteiger partial charge is 0.354 e. The van der Waals surface area contributed by atoms with E-state index in [1.165, 1.54) is 44.1 Å². The molecule has 0 fully saturated rings. The summed E-state index contributed by atoms with van der Waals surface area (Å²) in [6, 6.07) is 9.06. The summed E-state index contributed by atoms with van der Waals surface area (Å²) in [6.45, 7) is 2.88. The van der Waals surface area contributed by atoms with Crippen molar-refractivity contribution in [1.82, 2.24) is 14.5 Å². The zero-order chi connectivity index (χ0) is 26.3. The van der Waals surface area contributed by atoms with Gasteiger partial charge in [0.1, 0.15) is 18.4 Å². The highest BCUT2D eigenvalue weighted by atomic mass is 35.5. The SMILES string of the molecule is CCCNC(=O)C(C)N(Cc1c(Cl)cccc1Cl)C(=O)CN(c1ccccc1F)S(=O)(=O)N(C)C. The van der Waals surface area contributed by atoms with Crippen molar-refractivity contribution in [2.24, 2.45) is 0 Å². The quantitative estimate of drug-likeness (QED) is 0.465.